The number of rotatable bonds is 20. The Kier molecular flexibility index (Phi) is 20.3. The minimum atomic E-state index is -2.02. The highest BCUT2D eigenvalue weighted by molar-refractivity contribution is 5.91. The van der Waals surface area contributed by atoms with Gasteiger partial charge in [0.1, 0.15) is 103 Å². The lowest BCUT2D eigenvalue weighted by Crippen LogP contribution is -2.67. The van der Waals surface area contributed by atoms with Gasteiger partial charge in [-0.15, -0.1) is 0 Å². The van der Waals surface area contributed by atoms with Crippen molar-refractivity contribution in [3.8, 4) is 0 Å². The molecule has 6 fully saturated rings. The number of ether oxygens (including phenoxy) is 8. The van der Waals surface area contributed by atoms with Gasteiger partial charge >= 0.3 is 0 Å². The Balaban J connectivity index is 0.974. The van der Waals surface area contributed by atoms with E-state index in [0.717, 1.165) is 31.3 Å². The number of ketones is 2. The number of allylic oxidation sites excluding steroid dienone is 1. The summed E-state index contributed by atoms with van der Waals surface area (Å²) in [4.78, 5) is 27.4. The van der Waals surface area contributed by atoms with Crippen molar-refractivity contribution in [1.29, 1.82) is 0 Å². The molecule has 4 saturated heterocycles. The fraction of sp³-hybridized carbons (Fsp3) is 0.920. The standard InChI is InChI=1S/C50H82O24/c1-21(20-67-45-38(62)34(58)32(56)28(17-51)69-45)8-9-26(54)22(2)31-27(55)12-14-49(31,3)13-10-23-6-5-7-24-16-25(11-15-50(23,24)4)68-48-43(73-47-40(64)36(60)37(61)44(66)74-47)41(65)42(30(19-53)71-48)72-46-39(63)35(59)33(57)29(18-52)70-46/h7,21-23,25,28-48,51-53,56-66H,5-6,8-20H2,1-4H3. The first-order valence-corrected chi connectivity index (χ1v) is 26.2. The fourth-order valence-electron chi connectivity index (χ4n) is 12.6. The van der Waals surface area contributed by atoms with Crippen LogP contribution < -0.4 is 0 Å². The normalized spacial score (nSPS) is 47.9. The second-order valence-corrected chi connectivity index (χ2v) is 22.5. The van der Waals surface area contributed by atoms with Gasteiger partial charge in [-0.25, -0.2) is 0 Å². The van der Waals surface area contributed by atoms with Crippen molar-refractivity contribution in [2.45, 2.75) is 227 Å². The zero-order valence-electron chi connectivity index (χ0n) is 42.5. The van der Waals surface area contributed by atoms with Crippen molar-refractivity contribution in [1.82, 2.24) is 0 Å². The van der Waals surface area contributed by atoms with Crippen molar-refractivity contribution in [2.75, 3.05) is 26.4 Å². The van der Waals surface area contributed by atoms with Crippen LogP contribution in [0.1, 0.15) is 98.3 Å². The monoisotopic (exact) mass is 1070 g/mol. The summed E-state index contributed by atoms with van der Waals surface area (Å²) in [5.74, 6) is -0.907. The van der Waals surface area contributed by atoms with Gasteiger partial charge in [-0.2, -0.15) is 0 Å². The van der Waals surface area contributed by atoms with Crippen LogP contribution in [0.4, 0.5) is 0 Å². The van der Waals surface area contributed by atoms with Gasteiger partial charge in [0.15, 0.2) is 31.5 Å². The molecule has 4 heterocycles. The zero-order chi connectivity index (χ0) is 54.1. The van der Waals surface area contributed by atoms with Crippen LogP contribution in [0.3, 0.4) is 0 Å². The highest BCUT2D eigenvalue weighted by Gasteiger charge is 2.56. The molecule has 0 aromatic carbocycles. The van der Waals surface area contributed by atoms with Gasteiger partial charge in [0.2, 0.25) is 0 Å². The van der Waals surface area contributed by atoms with E-state index in [4.69, 9.17) is 37.9 Å². The second kappa shape index (κ2) is 25.1. The lowest BCUT2D eigenvalue weighted by molar-refractivity contribution is -0.400. The maximum atomic E-state index is 13.8. The first kappa shape index (κ1) is 59.9. The number of Topliss-reactive ketones (excluding diaryl/α,β-unsaturated/α-hetero) is 2. The first-order valence-electron chi connectivity index (χ1n) is 26.2. The summed E-state index contributed by atoms with van der Waals surface area (Å²) in [6, 6.07) is 0. The Morgan fingerprint density at radius 2 is 1.23 bits per heavy atom. The van der Waals surface area contributed by atoms with E-state index >= 15 is 0 Å². The molecule has 7 rings (SSSR count). The molecular weight excluding hydrogens is 985 g/mol. The molecule has 7 aliphatic rings. The Morgan fingerprint density at radius 1 is 0.662 bits per heavy atom. The van der Waals surface area contributed by atoms with Crippen LogP contribution >= 0.6 is 0 Å². The van der Waals surface area contributed by atoms with Crippen molar-refractivity contribution >= 4 is 11.6 Å². The molecule has 426 valence electrons. The molecule has 3 aliphatic carbocycles. The molecule has 0 spiro atoms. The summed E-state index contributed by atoms with van der Waals surface area (Å²) in [6.45, 7) is 5.93. The lowest BCUT2D eigenvalue weighted by Gasteiger charge is -2.51. The molecule has 0 aromatic heterocycles. The average molecular weight is 1070 g/mol. The summed E-state index contributed by atoms with van der Waals surface area (Å²) >= 11 is 0. The minimum Gasteiger partial charge on any atom is -0.394 e. The van der Waals surface area contributed by atoms with Gasteiger partial charge in [-0.1, -0.05) is 39.3 Å². The predicted octanol–water partition coefficient (Wildman–Crippen LogP) is -3.49. The highest BCUT2D eigenvalue weighted by atomic mass is 16.8. The molecular formula is C50H82O24. The topological polar surface area (TPSA) is 391 Å². The van der Waals surface area contributed by atoms with Crippen molar-refractivity contribution < 1.29 is 119 Å². The van der Waals surface area contributed by atoms with E-state index in [9.17, 15) is 81.1 Å². The lowest BCUT2D eigenvalue weighted by atomic mass is 9.57. The Bertz CT molecular complexity index is 1880. The highest BCUT2D eigenvalue weighted by Crippen LogP contribution is 2.56. The number of aliphatic hydroxyl groups is 14. The molecule has 24 heteroatoms. The summed E-state index contributed by atoms with van der Waals surface area (Å²) < 4.78 is 46.5. The van der Waals surface area contributed by atoms with Crippen LogP contribution in [-0.4, -0.2) is 239 Å². The molecule has 27 unspecified atom stereocenters. The van der Waals surface area contributed by atoms with Crippen molar-refractivity contribution in [3.05, 3.63) is 11.6 Å². The van der Waals surface area contributed by atoms with Crippen LogP contribution in [0.2, 0.25) is 0 Å². The summed E-state index contributed by atoms with van der Waals surface area (Å²) in [5, 5.41) is 145. The van der Waals surface area contributed by atoms with E-state index in [1.807, 2.05) is 13.8 Å². The number of aliphatic hydroxyl groups excluding tert-OH is 14. The van der Waals surface area contributed by atoms with E-state index in [2.05, 4.69) is 19.9 Å². The molecule has 0 bridgehead atoms. The van der Waals surface area contributed by atoms with Crippen LogP contribution in [-0.2, 0) is 47.5 Å². The van der Waals surface area contributed by atoms with Gasteiger partial charge in [0.05, 0.1) is 32.5 Å². The molecule has 0 aromatic rings. The molecule has 24 nitrogen and oxygen atoms in total. The van der Waals surface area contributed by atoms with Gasteiger partial charge in [0, 0.05) is 24.7 Å². The predicted molar refractivity (Wildman–Crippen MR) is 249 cm³/mol. The molecule has 74 heavy (non-hydrogen) atoms. The molecule has 2 saturated carbocycles. The van der Waals surface area contributed by atoms with Gasteiger partial charge in [0.25, 0.3) is 0 Å². The van der Waals surface area contributed by atoms with Crippen LogP contribution in [0.5, 0.6) is 0 Å². The molecule has 14 N–H and O–H groups in total. The molecule has 0 amide bonds. The zero-order valence-corrected chi connectivity index (χ0v) is 42.5. The third-order valence-electron chi connectivity index (χ3n) is 17.5. The Hall–Kier alpha value is -1.80. The quantitative estimate of drug-likeness (QED) is 0.0526. The van der Waals surface area contributed by atoms with E-state index in [1.165, 1.54) is 0 Å². The van der Waals surface area contributed by atoms with Crippen LogP contribution in [0, 0.1) is 34.5 Å². The number of hydrogen-bond donors (Lipinski definition) is 14. The van der Waals surface area contributed by atoms with Crippen molar-refractivity contribution in [3.63, 3.8) is 0 Å². The maximum absolute atomic E-state index is 13.8. The van der Waals surface area contributed by atoms with Crippen molar-refractivity contribution in [2.24, 2.45) is 34.5 Å². The van der Waals surface area contributed by atoms with E-state index in [0.29, 0.717) is 38.5 Å². The maximum Gasteiger partial charge on any atom is 0.189 e. The second-order valence-electron chi connectivity index (χ2n) is 22.5. The fourth-order valence-corrected chi connectivity index (χ4v) is 12.6. The molecule has 27 atom stereocenters. The summed E-state index contributed by atoms with van der Waals surface area (Å²) in [5.41, 5.74) is 0.435. The summed E-state index contributed by atoms with van der Waals surface area (Å²) in [6.07, 6.45) is -25.4. The first-order chi connectivity index (χ1) is 35.0. The molecule has 4 aliphatic heterocycles. The Morgan fingerprint density at radius 3 is 1.86 bits per heavy atom. The Labute approximate surface area is 429 Å². The minimum absolute atomic E-state index is 0.0370. The number of hydrogen-bond acceptors (Lipinski definition) is 24. The van der Waals surface area contributed by atoms with E-state index < -0.39 is 166 Å². The third-order valence-corrected chi connectivity index (χ3v) is 17.5. The largest absolute Gasteiger partial charge is 0.394 e. The number of carbonyl (C=O) groups is 2. The van der Waals surface area contributed by atoms with Crippen LogP contribution in [0.15, 0.2) is 11.6 Å². The van der Waals surface area contributed by atoms with E-state index in [1.54, 1.807) is 0 Å². The van der Waals surface area contributed by atoms with Gasteiger partial charge in [-0.3, -0.25) is 9.59 Å². The third kappa shape index (κ3) is 12.5. The van der Waals surface area contributed by atoms with Gasteiger partial charge < -0.3 is 109 Å². The molecule has 0 radical (unpaired) electrons. The number of fused-ring (bicyclic) bond motifs is 1. The smallest absolute Gasteiger partial charge is 0.189 e. The van der Waals surface area contributed by atoms with E-state index in [-0.39, 0.29) is 41.8 Å². The summed E-state index contributed by atoms with van der Waals surface area (Å²) in [7, 11) is 0. The SMILES string of the molecule is CC(CCC(=O)C(C)C1C(=O)CCC1(C)CCC1CCC=C2CC(OC3OC(CO)C(OC4OC(CO)C(O)C(O)C4O)C(O)C3OC3OC(O)C(O)C(O)C3O)CCC21C)COC1OC(CO)C(O)C(O)C1O. The van der Waals surface area contributed by atoms with Crippen LogP contribution in [0.25, 0.3) is 0 Å². The number of carbonyl (C=O) groups excluding carboxylic acids is 2. The average Bonchev–Trinajstić information content (AvgIpc) is 3.68. The van der Waals surface area contributed by atoms with Gasteiger partial charge in [-0.05, 0) is 80.5 Å².